The van der Waals surface area contributed by atoms with Gasteiger partial charge in [0.2, 0.25) is 0 Å². The number of rotatable bonds is 3. The van der Waals surface area contributed by atoms with E-state index in [-0.39, 0.29) is 0 Å². The normalized spacial score (nSPS) is 10.4. The van der Waals surface area contributed by atoms with Crippen LogP contribution in [0.1, 0.15) is 12.6 Å². The Kier molecular flexibility index (Phi) is 2.81. The molecule has 2 aromatic rings. The molecule has 16 heavy (non-hydrogen) atoms. The number of nitrogens with zero attached hydrogens (tertiary/aromatic N) is 2. The first-order valence-electron chi connectivity index (χ1n) is 5.23. The lowest BCUT2D eigenvalue weighted by atomic mass is 10.3. The molecule has 1 aromatic heterocycles. The number of ether oxygens (including phenoxy) is 1. The van der Waals surface area contributed by atoms with Gasteiger partial charge in [-0.05, 0) is 30.7 Å². The fourth-order valence-corrected chi connectivity index (χ4v) is 1.64. The van der Waals surface area contributed by atoms with Gasteiger partial charge in [-0.25, -0.2) is 4.68 Å². The van der Waals surface area contributed by atoms with Gasteiger partial charge in [-0.1, -0.05) is 6.92 Å². The Morgan fingerprint density at radius 3 is 2.56 bits per heavy atom. The molecule has 0 saturated carbocycles. The van der Waals surface area contributed by atoms with Crippen molar-refractivity contribution in [3.05, 3.63) is 36.0 Å². The molecular weight excluding hydrogens is 202 g/mol. The van der Waals surface area contributed by atoms with Crippen molar-refractivity contribution in [3.8, 4) is 11.4 Å². The summed E-state index contributed by atoms with van der Waals surface area (Å²) in [7, 11) is 1.65. The molecule has 4 heteroatoms. The van der Waals surface area contributed by atoms with Crippen molar-refractivity contribution in [3.63, 3.8) is 0 Å². The SMILES string of the molecule is CCc1cc(N)nn1-c1ccc(OC)cc1. The minimum atomic E-state index is 0.549. The third-order valence-corrected chi connectivity index (χ3v) is 2.48. The van der Waals surface area contributed by atoms with Gasteiger partial charge in [0.25, 0.3) is 0 Å². The van der Waals surface area contributed by atoms with Gasteiger partial charge in [-0.15, -0.1) is 0 Å². The number of benzene rings is 1. The van der Waals surface area contributed by atoms with E-state index in [0.717, 1.165) is 23.6 Å². The fraction of sp³-hybridized carbons (Fsp3) is 0.250. The first-order chi connectivity index (χ1) is 7.74. The highest BCUT2D eigenvalue weighted by Crippen LogP contribution is 2.17. The predicted molar refractivity (Wildman–Crippen MR) is 63.9 cm³/mol. The summed E-state index contributed by atoms with van der Waals surface area (Å²) in [5, 5.41) is 4.26. The molecule has 0 spiro atoms. The lowest BCUT2D eigenvalue weighted by Crippen LogP contribution is -2.01. The van der Waals surface area contributed by atoms with Crippen molar-refractivity contribution >= 4 is 5.82 Å². The van der Waals surface area contributed by atoms with Crippen LogP contribution in [0.4, 0.5) is 5.82 Å². The molecule has 0 bridgehead atoms. The van der Waals surface area contributed by atoms with Crippen molar-refractivity contribution in [2.24, 2.45) is 0 Å². The van der Waals surface area contributed by atoms with Crippen LogP contribution in [0.2, 0.25) is 0 Å². The number of hydrogen-bond acceptors (Lipinski definition) is 3. The van der Waals surface area contributed by atoms with Crippen LogP contribution < -0.4 is 10.5 Å². The van der Waals surface area contributed by atoms with E-state index < -0.39 is 0 Å². The fourth-order valence-electron chi connectivity index (χ4n) is 1.64. The number of aryl methyl sites for hydroxylation is 1. The molecule has 1 aromatic carbocycles. The van der Waals surface area contributed by atoms with Gasteiger partial charge in [0, 0.05) is 11.8 Å². The van der Waals surface area contributed by atoms with E-state index in [0.29, 0.717) is 5.82 Å². The summed E-state index contributed by atoms with van der Waals surface area (Å²) in [5.74, 6) is 1.38. The zero-order valence-corrected chi connectivity index (χ0v) is 9.47. The van der Waals surface area contributed by atoms with Gasteiger partial charge in [-0.2, -0.15) is 5.10 Å². The van der Waals surface area contributed by atoms with E-state index in [1.54, 1.807) is 7.11 Å². The first kappa shape index (κ1) is 10.5. The maximum Gasteiger partial charge on any atom is 0.146 e. The molecule has 0 aliphatic heterocycles. The molecule has 0 aliphatic rings. The molecule has 4 nitrogen and oxygen atoms in total. The second-order valence-electron chi connectivity index (χ2n) is 3.52. The van der Waals surface area contributed by atoms with Gasteiger partial charge >= 0.3 is 0 Å². The molecule has 2 rings (SSSR count). The van der Waals surface area contributed by atoms with E-state index in [1.165, 1.54) is 0 Å². The van der Waals surface area contributed by atoms with E-state index in [4.69, 9.17) is 10.5 Å². The van der Waals surface area contributed by atoms with Gasteiger partial charge in [0.05, 0.1) is 12.8 Å². The third kappa shape index (κ3) is 1.86. The Bertz CT molecular complexity index is 474. The maximum absolute atomic E-state index is 5.69. The average molecular weight is 217 g/mol. The predicted octanol–water partition coefficient (Wildman–Crippen LogP) is 2.03. The molecule has 1 heterocycles. The molecule has 0 saturated heterocycles. The molecule has 2 N–H and O–H groups in total. The quantitative estimate of drug-likeness (QED) is 0.855. The number of hydrogen-bond donors (Lipinski definition) is 1. The molecule has 0 atom stereocenters. The van der Waals surface area contributed by atoms with Crippen molar-refractivity contribution in [1.29, 1.82) is 0 Å². The molecule has 0 fully saturated rings. The lowest BCUT2D eigenvalue weighted by Gasteiger charge is -2.06. The number of anilines is 1. The topological polar surface area (TPSA) is 53.1 Å². The molecule has 84 valence electrons. The van der Waals surface area contributed by atoms with E-state index in [9.17, 15) is 0 Å². The minimum absolute atomic E-state index is 0.549. The van der Waals surface area contributed by atoms with Crippen LogP contribution in [0.15, 0.2) is 30.3 Å². The highest BCUT2D eigenvalue weighted by molar-refractivity contribution is 5.41. The smallest absolute Gasteiger partial charge is 0.146 e. The van der Waals surface area contributed by atoms with E-state index in [1.807, 2.05) is 35.0 Å². The van der Waals surface area contributed by atoms with Gasteiger partial charge in [0.15, 0.2) is 0 Å². The van der Waals surface area contributed by atoms with Crippen LogP contribution in [0, 0.1) is 0 Å². The maximum atomic E-state index is 5.69. The monoisotopic (exact) mass is 217 g/mol. The average Bonchev–Trinajstić information content (AvgIpc) is 2.70. The van der Waals surface area contributed by atoms with Crippen LogP contribution in [0.25, 0.3) is 5.69 Å². The van der Waals surface area contributed by atoms with E-state index >= 15 is 0 Å². The van der Waals surface area contributed by atoms with Crippen molar-refractivity contribution < 1.29 is 4.74 Å². The molecule has 0 amide bonds. The third-order valence-electron chi connectivity index (χ3n) is 2.48. The molecule has 0 unspecified atom stereocenters. The Morgan fingerprint density at radius 2 is 2.00 bits per heavy atom. The number of nitrogen functional groups attached to an aromatic ring is 1. The number of aromatic nitrogens is 2. The van der Waals surface area contributed by atoms with Crippen LogP contribution in [-0.4, -0.2) is 16.9 Å². The van der Waals surface area contributed by atoms with Crippen molar-refractivity contribution in [1.82, 2.24) is 9.78 Å². The summed E-state index contributed by atoms with van der Waals surface area (Å²) >= 11 is 0. The zero-order valence-electron chi connectivity index (χ0n) is 9.47. The Hall–Kier alpha value is -1.97. The summed E-state index contributed by atoms with van der Waals surface area (Å²) in [6.45, 7) is 2.08. The largest absolute Gasteiger partial charge is 0.497 e. The molecular formula is C12H15N3O. The summed E-state index contributed by atoms with van der Waals surface area (Å²) in [4.78, 5) is 0. The van der Waals surface area contributed by atoms with Crippen LogP contribution in [0.5, 0.6) is 5.75 Å². The Balaban J connectivity index is 2.41. The van der Waals surface area contributed by atoms with Gasteiger partial charge in [0.1, 0.15) is 11.6 Å². The summed E-state index contributed by atoms with van der Waals surface area (Å²) in [6.07, 6.45) is 0.899. The molecule has 0 aliphatic carbocycles. The Morgan fingerprint density at radius 1 is 1.31 bits per heavy atom. The van der Waals surface area contributed by atoms with Crippen molar-refractivity contribution in [2.75, 3.05) is 12.8 Å². The highest BCUT2D eigenvalue weighted by Gasteiger charge is 2.05. The summed E-state index contributed by atoms with van der Waals surface area (Å²) in [6, 6.07) is 9.64. The second-order valence-corrected chi connectivity index (χ2v) is 3.52. The second kappa shape index (κ2) is 4.26. The van der Waals surface area contributed by atoms with Crippen LogP contribution >= 0.6 is 0 Å². The Labute approximate surface area is 94.6 Å². The highest BCUT2D eigenvalue weighted by atomic mass is 16.5. The lowest BCUT2D eigenvalue weighted by molar-refractivity contribution is 0.414. The van der Waals surface area contributed by atoms with Crippen LogP contribution in [0.3, 0.4) is 0 Å². The van der Waals surface area contributed by atoms with Crippen molar-refractivity contribution in [2.45, 2.75) is 13.3 Å². The van der Waals surface area contributed by atoms with Crippen LogP contribution in [-0.2, 0) is 6.42 Å². The summed E-state index contributed by atoms with van der Waals surface area (Å²) in [5.41, 5.74) is 7.79. The van der Waals surface area contributed by atoms with Gasteiger partial charge < -0.3 is 10.5 Å². The number of nitrogens with two attached hydrogens (primary N) is 1. The minimum Gasteiger partial charge on any atom is -0.497 e. The summed E-state index contributed by atoms with van der Waals surface area (Å²) < 4.78 is 6.97. The number of methoxy groups -OCH3 is 1. The molecule has 0 radical (unpaired) electrons. The first-order valence-corrected chi connectivity index (χ1v) is 5.23. The van der Waals surface area contributed by atoms with Gasteiger partial charge in [-0.3, -0.25) is 0 Å². The van der Waals surface area contributed by atoms with E-state index in [2.05, 4.69) is 12.0 Å². The standard InChI is InChI=1S/C12H15N3O/c1-3-9-8-12(13)14-15(9)10-4-6-11(16-2)7-5-10/h4-8H,3H2,1-2H3,(H2,13,14). The zero-order chi connectivity index (χ0) is 11.5.